The third kappa shape index (κ3) is 3.38. The lowest BCUT2D eigenvalue weighted by atomic mass is 10.0. The molecule has 3 aromatic heterocycles. The molecular formula is C27H22N6O. The molecule has 0 fully saturated rings. The molecule has 5 aromatic rings. The molecule has 0 saturated heterocycles. The molecule has 7 heteroatoms. The lowest BCUT2D eigenvalue weighted by molar-refractivity contribution is 0.415. The molecule has 0 aliphatic carbocycles. The normalized spacial score (nSPS) is 15.1. The molecule has 34 heavy (non-hydrogen) atoms. The second-order valence-corrected chi connectivity index (χ2v) is 8.18. The lowest BCUT2D eigenvalue weighted by Gasteiger charge is -2.10. The van der Waals surface area contributed by atoms with Gasteiger partial charge in [0.2, 0.25) is 0 Å². The number of nitrogens with one attached hydrogen (secondary N) is 2. The zero-order valence-corrected chi connectivity index (χ0v) is 18.8. The Kier molecular flexibility index (Phi) is 4.80. The van der Waals surface area contributed by atoms with E-state index in [1.807, 2.05) is 48.5 Å². The van der Waals surface area contributed by atoms with Gasteiger partial charge < -0.3 is 9.72 Å². The fourth-order valence-corrected chi connectivity index (χ4v) is 4.39. The fourth-order valence-electron chi connectivity index (χ4n) is 4.39. The number of rotatable bonds is 4. The van der Waals surface area contributed by atoms with E-state index in [1.165, 1.54) is 0 Å². The van der Waals surface area contributed by atoms with Crippen LogP contribution >= 0.6 is 0 Å². The third-order valence-corrected chi connectivity index (χ3v) is 6.10. The van der Waals surface area contributed by atoms with E-state index in [2.05, 4.69) is 45.3 Å². The number of nitrogens with zero attached hydrogens (tertiary/aromatic N) is 4. The van der Waals surface area contributed by atoms with Crippen LogP contribution in [0.25, 0.3) is 45.3 Å². The van der Waals surface area contributed by atoms with Gasteiger partial charge in [0, 0.05) is 18.0 Å². The van der Waals surface area contributed by atoms with Crippen molar-refractivity contribution < 1.29 is 4.74 Å². The van der Waals surface area contributed by atoms with E-state index in [4.69, 9.17) is 14.7 Å². The van der Waals surface area contributed by atoms with Crippen molar-refractivity contribution in [2.45, 2.75) is 13.0 Å². The predicted octanol–water partition coefficient (Wildman–Crippen LogP) is 3.91. The first-order valence-corrected chi connectivity index (χ1v) is 11.1. The highest BCUT2D eigenvalue weighted by Gasteiger charge is 2.18. The van der Waals surface area contributed by atoms with Crippen molar-refractivity contribution in [1.29, 1.82) is 0 Å². The summed E-state index contributed by atoms with van der Waals surface area (Å²) in [7, 11) is 1.67. The number of aromatic amines is 2. The average Bonchev–Trinajstić information content (AvgIpc) is 3.44. The Morgan fingerprint density at radius 3 is 2.65 bits per heavy atom. The second-order valence-electron chi connectivity index (χ2n) is 8.18. The molecule has 1 aliphatic rings. The zero-order valence-electron chi connectivity index (χ0n) is 18.8. The Morgan fingerprint density at radius 2 is 1.79 bits per heavy atom. The van der Waals surface area contributed by atoms with Crippen LogP contribution in [0.5, 0.6) is 5.75 Å². The van der Waals surface area contributed by atoms with Gasteiger partial charge >= 0.3 is 0 Å². The minimum absolute atomic E-state index is 0.0482. The van der Waals surface area contributed by atoms with E-state index < -0.39 is 0 Å². The van der Waals surface area contributed by atoms with Crippen LogP contribution in [0, 0.1) is 0 Å². The molecule has 0 saturated carbocycles. The maximum absolute atomic E-state index is 5.41. The topological polar surface area (TPSA) is 91.8 Å². The number of fused-ring (bicyclic) bond motifs is 2. The molecule has 2 N–H and O–H groups in total. The van der Waals surface area contributed by atoms with Crippen molar-refractivity contribution in [3.05, 3.63) is 89.3 Å². The highest BCUT2D eigenvalue weighted by molar-refractivity contribution is 5.93. The number of para-hydroxylation sites is 1. The summed E-state index contributed by atoms with van der Waals surface area (Å²) in [5, 5.41) is 9.36. The van der Waals surface area contributed by atoms with Crippen LogP contribution in [-0.4, -0.2) is 38.3 Å². The average molecular weight is 447 g/mol. The minimum Gasteiger partial charge on any atom is -0.497 e. The summed E-state index contributed by atoms with van der Waals surface area (Å²) >= 11 is 0. The zero-order chi connectivity index (χ0) is 23.1. The summed E-state index contributed by atoms with van der Waals surface area (Å²) in [4.78, 5) is 17.5. The van der Waals surface area contributed by atoms with Crippen LogP contribution < -0.4 is 15.4 Å². The van der Waals surface area contributed by atoms with Crippen LogP contribution in [0.3, 0.4) is 0 Å². The molecule has 0 bridgehead atoms. The van der Waals surface area contributed by atoms with Crippen molar-refractivity contribution in [2.75, 3.05) is 7.11 Å². The number of ether oxygens (including phenoxy) is 1. The number of benzene rings is 2. The van der Waals surface area contributed by atoms with E-state index in [-0.39, 0.29) is 6.04 Å². The van der Waals surface area contributed by atoms with Gasteiger partial charge in [-0.05, 0) is 60.0 Å². The van der Waals surface area contributed by atoms with Crippen molar-refractivity contribution in [3.63, 3.8) is 0 Å². The van der Waals surface area contributed by atoms with E-state index in [9.17, 15) is 0 Å². The van der Waals surface area contributed by atoms with Crippen molar-refractivity contribution >= 4 is 22.7 Å². The van der Waals surface area contributed by atoms with Crippen molar-refractivity contribution in [3.8, 4) is 28.4 Å². The Morgan fingerprint density at radius 1 is 0.941 bits per heavy atom. The van der Waals surface area contributed by atoms with Crippen LogP contribution in [-0.2, 0) is 0 Å². The maximum Gasteiger partial charge on any atom is 0.161 e. The van der Waals surface area contributed by atoms with Gasteiger partial charge in [-0.25, -0.2) is 4.98 Å². The number of hydrogen-bond acceptors (Lipinski definition) is 5. The van der Waals surface area contributed by atoms with Crippen LogP contribution in [0.15, 0.2) is 78.1 Å². The van der Waals surface area contributed by atoms with Crippen molar-refractivity contribution in [2.24, 2.45) is 4.99 Å². The summed E-state index contributed by atoms with van der Waals surface area (Å²) in [5.41, 5.74) is 6.82. The number of allylic oxidation sites excluding steroid dienone is 1. The first-order valence-electron chi connectivity index (χ1n) is 11.1. The standard InChI is InChI=1S/C27H22N6O/c1-16-20(17-11-13-28-14-12-17)9-10-23-25(29-16)26(33-32-23)27-30-22-8-4-7-21(24(22)31-27)18-5-3-6-19(15-18)34-2/h3-16,32H,1-2H3,(H,30,31)/t16-/m0/s1. The Balaban J connectivity index is 1.46. The molecular weight excluding hydrogens is 424 g/mol. The fraction of sp³-hybridized carbons (Fsp3) is 0.111. The molecule has 6 rings (SSSR count). The molecule has 0 amide bonds. The minimum atomic E-state index is -0.0482. The van der Waals surface area contributed by atoms with Gasteiger partial charge in [0.1, 0.15) is 11.1 Å². The third-order valence-electron chi connectivity index (χ3n) is 6.10. The van der Waals surface area contributed by atoms with Crippen LogP contribution in [0.1, 0.15) is 12.5 Å². The van der Waals surface area contributed by atoms with Gasteiger partial charge in [-0.15, -0.1) is 0 Å². The van der Waals surface area contributed by atoms with Crippen LogP contribution in [0.2, 0.25) is 0 Å². The first-order chi connectivity index (χ1) is 16.7. The van der Waals surface area contributed by atoms with Gasteiger partial charge in [-0.1, -0.05) is 30.3 Å². The maximum atomic E-state index is 5.41. The Hall–Kier alpha value is -4.52. The molecule has 1 atom stereocenters. The van der Waals surface area contributed by atoms with E-state index in [0.29, 0.717) is 11.5 Å². The number of H-pyrrole nitrogens is 2. The SMILES string of the molecule is COc1cccc(-c2cccc3[nH]c(-c4n[nH]c5c4=N[C@@H](C)C(c4ccncc4)=CC=5)nc23)c1. The Bertz CT molecular complexity index is 1660. The molecule has 166 valence electrons. The number of methoxy groups -OCH3 is 1. The number of pyridine rings is 1. The number of aromatic nitrogens is 5. The van der Waals surface area contributed by atoms with Gasteiger partial charge in [0.15, 0.2) is 11.5 Å². The molecule has 0 spiro atoms. The highest BCUT2D eigenvalue weighted by Crippen LogP contribution is 2.30. The Labute approximate surface area is 195 Å². The van der Waals surface area contributed by atoms with E-state index >= 15 is 0 Å². The molecule has 0 radical (unpaired) electrons. The van der Waals surface area contributed by atoms with Gasteiger partial charge in [-0.3, -0.25) is 15.1 Å². The van der Waals surface area contributed by atoms with Gasteiger partial charge in [0.25, 0.3) is 0 Å². The summed E-state index contributed by atoms with van der Waals surface area (Å²) in [5.74, 6) is 1.49. The number of hydrogen-bond donors (Lipinski definition) is 2. The second kappa shape index (κ2) is 8.12. The van der Waals surface area contributed by atoms with Crippen LogP contribution in [0.4, 0.5) is 0 Å². The molecule has 4 heterocycles. The lowest BCUT2D eigenvalue weighted by Crippen LogP contribution is -2.25. The highest BCUT2D eigenvalue weighted by atomic mass is 16.5. The van der Waals surface area contributed by atoms with Gasteiger partial charge in [-0.2, -0.15) is 5.10 Å². The molecule has 7 nitrogen and oxygen atoms in total. The monoisotopic (exact) mass is 446 g/mol. The van der Waals surface area contributed by atoms with E-state index in [0.717, 1.165) is 49.8 Å². The largest absolute Gasteiger partial charge is 0.497 e. The smallest absolute Gasteiger partial charge is 0.161 e. The molecule has 2 aromatic carbocycles. The van der Waals surface area contributed by atoms with Gasteiger partial charge in [0.05, 0.1) is 29.5 Å². The van der Waals surface area contributed by atoms with E-state index in [1.54, 1.807) is 19.5 Å². The number of imidazole rings is 1. The summed E-state index contributed by atoms with van der Waals surface area (Å²) < 4.78 is 5.41. The quantitative estimate of drug-likeness (QED) is 0.438. The predicted molar refractivity (Wildman–Crippen MR) is 133 cm³/mol. The first kappa shape index (κ1) is 20.1. The molecule has 1 aliphatic heterocycles. The van der Waals surface area contributed by atoms with Crippen molar-refractivity contribution in [1.82, 2.24) is 25.1 Å². The summed E-state index contributed by atoms with van der Waals surface area (Å²) in [6, 6.07) is 18.1. The molecule has 0 unspecified atom stereocenters. The summed E-state index contributed by atoms with van der Waals surface area (Å²) in [6.07, 6.45) is 7.72. The summed E-state index contributed by atoms with van der Waals surface area (Å²) in [6.45, 7) is 2.09.